The fourth-order valence-electron chi connectivity index (χ4n) is 2.50. The van der Waals surface area contributed by atoms with Gasteiger partial charge in [-0.05, 0) is 35.7 Å². The fourth-order valence-corrected chi connectivity index (χ4v) is 4.30. The molecule has 29 heavy (non-hydrogen) atoms. The zero-order chi connectivity index (χ0) is 21.0. The van der Waals surface area contributed by atoms with Gasteiger partial charge in [0, 0.05) is 5.38 Å². The second-order valence-electron chi connectivity index (χ2n) is 5.72. The summed E-state index contributed by atoms with van der Waals surface area (Å²) in [6.45, 7) is 0. The van der Waals surface area contributed by atoms with Gasteiger partial charge in [-0.3, -0.25) is 9.59 Å². The van der Waals surface area contributed by atoms with Crippen molar-refractivity contribution in [2.45, 2.75) is 4.90 Å². The first kappa shape index (κ1) is 20.5. The highest BCUT2D eigenvalue weighted by atomic mass is 32.2. The predicted octanol–water partition coefficient (Wildman–Crippen LogP) is 3.27. The molecule has 0 fully saturated rings. The number of benzene rings is 2. The van der Waals surface area contributed by atoms with Crippen molar-refractivity contribution in [3.63, 3.8) is 0 Å². The SMILES string of the molecule is COc1c(NC(=O)c2ccccc2F)cccc1S(=O)(=O)NC(=O)c1ccsc1. The number of methoxy groups -OCH3 is 1. The summed E-state index contributed by atoms with van der Waals surface area (Å²) in [5.41, 5.74) is -0.0123. The summed E-state index contributed by atoms with van der Waals surface area (Å²) < 4.78 is 46.4. The summed E-state index contributed by atoms with van der Waals surface area (Å²) in [6, 6.07) is 10.8. The third kappa shape index (κ3) is 4.44. The predicted molar refractivity (Wildman–Crippen MR) is 106 cm³/mol. The van der Waals surface area contributed by atoms with Crippen molar-refractivity contribution >= 4 is 38.9 Å². The molecule has 0 spiro atoms. The van der Waals surface area contributed by atoms with Crippen molar-refractivity contribution in [1.82, 2.24) is 4.72 Å². The van der Waals surface area contributed by atoms with Gasteiger partial charge in [0.05, 0.1) is 23.9 Å². The number of para-hydroxylation sites is 1. The van der Waals surface area contributed by atoms with Crippen LogP contribution in [0.2, 0.25) is 0 Å². The van der Waals surface area contributed by atoms with Gasteiger partial charge >= 0.3 is 0 Å². The molecule has 10 heteroatoms. The zero-order valence-electron chi connectivity index (χ0n) is 15.0. The highest BCUT2D eigenvalue weighted by Gasteiger charge is 2.25. The van der Waals surface area contributed by atoms with E-state index < -0.39 is 27.7 Å². The number of carbonyl (C=O) groups excluding carboxylic acids is 2. The molecule has 0 saturated heterocycles. The molecule has 7 nitrogen and oxygen atoms in total. The lowest BCUT2D eigenvalue weighted by atomic mass is 10.2. The maximum Gasteiger partial charge on any atom is 0.268 e. The summed E-state index contributed by atoms with van der Waals surface area (Å²) in [5, 5.41) is 5.58. The standard InChI is InChI=1S/C19H15FN2O5S2/c1-27-17-15(21-19(24)13-5-2-3-6-14(13)20)7-4-8-16(17)29(25,26)22-18(23)12-9-10-28-11-12/h2-11H,1H3,(H,21,24)(H,22,23). The van der Waals surface area contributed by atoms with Crippen LogP contribution < -0.4 is 14.8 Å². The van der Waals surface area contributed by atoms with Crippen LogP contribution in [0.15, 0.2) is 64.2 Å². The maximum atomic E-state index is 13.8. The number of halogens is 1. The van der Waals surface area contributed by atoms with Gasteiger partial charge in [-0.15, -0.1) is 0 Å². The molecular formula is C19H15FN2O5S2. The molecule has 2 N–H and O–H groups in total. The van der Waals surface area contributed by atoms with Crippen molar-refractivity contribution in [2.75, 3.05) is 12.4 Å². The molecule has 2 amide bonds. The van der Waals surface area contributed by atoms with E-state index in [0.717, 1.165) is 6.07 Å². The largest absolute Gasteiger partial charge is 0.493 e. The molecule has 0 aliphatic heterocycles. The number of rotatable bonds is 6. The Morgan fingerprint density at radius 3 is 2.45 bits per heavy atom. The summed E-state index contributed by atoms with van der Waals surface area (Å²) in [7, 11) is -3.09. The number of ether oxygens (including phenoxy) is 1. The van der Waals surface area contributed by atoms with E-state index in [1.165, 1.54) is 66.3 Å². The van der Waals surface area contributed by atoms with Crippen molar-refractivity contribution in [3.05, 3.63) is 76.2 Å². The fraction of sp³-hybridized carbons (Fsp3) is 0.0526. The van der Waals surface area contributed by atoms with Crippen LogP contribution in [0.25, 0.3) is 0 Å². The van der Waals surface area contributed by atoms with E-state index in [4.69, 9.17) is 4.74 Å². The Morgan fingerprint density at radius 1 is 1.03 bits per heavy atom. The van der Waals surface area contributed by atoms with Crippen molar-refractivity contribution in [2.24, 2.45) is 0 Å². The Hall–Kier alpha value is -3.24. The van der Waals surface area contributed by atoms with Gasteiger partial charge in [-0.2, -0.15) is 11.3 Å². The van der Waals surface area contributed by atoms with E-state index in [9.17, 15) is 22.4 Å². The van der Waals surface area contributed by atoms with E-state index in [-0.39, 0.29) is 27.5 Å². The molecule has 0 aliphatic rings. The van der Waals surface area contributed by atoms with Crippen LogP contribution in [0, 0.1) is 5.82 Å². The van der Waals surface area contributed by atoms with Gasteiger partial charge in [-0.1, -0.05) is 18.2 Å². The third-order valence-electron chi connectivity index (χ3n) is 3.85. The van der Waals surface area contributed by atoms with E-state index in [0.29, 0.717) is 0 Å². The number of hydrogen-bond donors (Lipinski definition) is 2. The van der Waals surface area contributed by atoms with E-state index in [1.807, 2.05) is 4.72 Å². The summed E-state index contributed by atoms with van der Waals surface area (Å²) in [4.78, 5) is 24.2. The number of sulfonamides is 1. The lowest BCUT2D eigenvalue weighted by molar-refractivity contribution is 0.0979. The van der Waals surface area contributed by atoms with Crippen LogP contribution in [0.5, 0.6) is 5.75 Å². The van der Waals surface area contributed by atoms with Crippen molar-refractivity contribution in [3.8, 4) is 5.75 Å². The minimum absolute atomic E-state index is 0.00612. The topological polar surface area (TPSA) is 102 Å². The van der Waals surface area contributed by atoms with Crippen LogP contribution in [0.3, 0.4) is 0 Å². The summed E-state index contributed by atoms with van der Waals surface area (Å²) in [6.07, 6.45) is 0. The van der Waals surface area contributed by atoms with E-state index >= 15 is 0 Å². The second-order valence-corrected chi connectivity index (χ2v) is 8.15. The molecule has 2 aromatic carbocycles. The summed E-state index contributed by atoms with van der Waals surface area (Å²) in [5.74, 6) is -2.49. The Bertz CT molecular complexity index is 1160. The molecule has 0 aliphatic carbocycles. The number of nitrogens with one attached hydrogen (secondary N) is 2. The monoisotopic (exact) mass is 434 g/mol. The Kier molecular flexibility index (Phi) is 5.95. The zero-order valence-corrected chi connectivity index (χ0v) is 16.6. The van der Waals surface area contributed by atoms with Gasteiger partial charge in [-0.25, -0.2) is 17.5 Å². The summed E-state index contributed by atoms with van der Waals surface area (Å²) >= 11 is 1.25. The lowest BCUT2D eigenvalue weighted by Crippen LogP contribution is -2.30. The number of carbonyl (C=O) groups is 2. The van der Waals surface area contributed by atoms with Gasteiger partial charge < -0.3 is 10.1 Å². The molecule has 1 heterocycles. The van der Waals surface area contributed by atoms with Gasteiger partial charge in [0.25, 0.3) is 21.8 Å². The molecule has 3 rings (SSSR count). The average Bonchev–Trinajstić information content (AvgIpc) is 3.23. The first-order valence-corrected chi connectivity index (χ1v) is 10.6. The molecular weight excluding hydrogens is 419 g/mol. The molecule has 1 aromatic heterocycles. The first-order valence-electron chi connectivity index (χ1n) is 8.15. The highest BCUT2D eigenvalue weighted by Crippen LogP contribution is 2.32. The molecule has 0 atom stereocenters. The molecule has 0 unspecified atom stereocenters. The number of anilines is 1. The molecule has 0 bridgehead atoms. The minimum Gasteiger partial charge on any atom is -0.493 e. The maximum absolute atomic E-state index is 13.8. The van der Waals surface area contributed by atoms with Gasteiger partial charge in [0.1, 0.15) is 10.7 Å². The first-order chi connectivity index (χ1) is 13.8. The van der Waals surface area contributed by atoms with E-state index in [1.54, 1.807) is 5.38 Å². The van der Waals surface area contributed by atoms with Crippen LogP contribution >= 0.6 is 11.3 Å². The Labute approximate surface area is 170 Å². The number of hydrogen-bond acceptors (Lipinski definition) is 6. The van der Waals surface area contributed by atoms with Crippen molar-refractivity contribution < 1.29 is 27.1 Å². The third-order valence-corrected chi connectivity index (χ3v) is 5.89. The lowest BCUT2D eigenvalue weighted by Gasteiger charge is -2.15. The minimum atomic E-state index is -4.30. The number of thiophene rings is 1. The van der Waals surface area contributed by atoms with E-state index in [2.05, 4.69) is 5.32 Å². The molecule has 3 aromatic rings. The number of amides is 2. The second kappa shape index (κ2) is 8.41. The quantitative estimate of drug-likeness (QED) is 0.620. The molecule has 0 saturated carbocycles. The smallest absolute Gasteiger partial charge is 0.268 e. The van der Waals surface area contributed by atoms with Crippen molar-refractivity contribution in [1.29, 1.82) is 0 Å². The average molecular weight is 434 g/mol. The van der Waals surface area contributed by atoms with Gasteiger partial charge in [0.2, 0.25) is 0 Å². The highest BCUT2D eigenvalue weighted by molar-refractivity contribution is 7.90. The van der Waals surface area contributed by atoms with Crippen LogP contribution in [-0.2, 0) is 10.0 Å². The Balaban J connectivity index is 1.92. The van der Waals surface area contributed by atoms with Crippen LogP contribution in [0.1, 0.15) is 20.7 Å². The van der Waals surface area contributed by atoms with Gasteiger partial charge in [0.15, 0.2) is 5.75 Å². The van der Waals surface area contributed by atoms with Crippen LogP contribution in [-0.4, -0.2) is 27.3 Å². The molecule has 150 valence electrons. The normalized spacial score (nSPS) is 11.0. The Morgan fingerprint density at radius 2 is 1.79 bits per heavy atom. The van der Waals surface area contributed by atoms with Crippen LogP contribution in [0.4, 0.5) is 10.1 Å². The molecule has 0 radical (unpaired) electrons.